The third-order valence-electron chi connectivity index (χ3n) is 12.8. The number of benzene rings is 10. The zero-order valence-electron chi connectivity index (χ0n) is 34.7. The molecule has 64 heavy (non-hydrogen) atoms. The van der Waals surface area contributed by atoms with Gasteiger partial charge < -0.3 is 13.9 Å². The lowest BCUT2D eigenvalue weighted by Gasteiger charge is -2.29. The molecule has 0 amide bonds. The first-order valence-electron chi connectivity index (χ1n) is 21.7. The fourth-order valence-corrected chi connectivity index (χ4v) is 11.1. The highest BCUT2D eigenvalue weighted by Gasteiger charge is 2.23. The lowest BCUT2D eigenvalue weighted by Crippen LogP contribution is -2.11. The summed E-state index contributed by atoms with van der Waals surface area (Å²) in [6.45, 7) is 0. The van der Waals surface area contributed by atoms with E-state index in [2.05, 4.69) is 228 Å². The molecule has 300 valence electrons. The van der Waals surface area contributed by atoms with Crippen LogP contribution in [0.1, 0.15) is 0 Å². The zero-order valence-corrected chi connectivity index (χ0v) is 35.5. The maximum atomic E-state index is 6.51. The van der Waals surface area contributed by atoms with Gasteiger partial charge in [-0.3, -0.25) is 0 Å². The monoisotopic (exact) mass is 834 g/mol. The molecule has 3 aromatic heterocycles. The molecule has 0 fully saturated rings. The highest BCUT2D eigenvalue weighted by Crippen LogP contribution is 2.49. The van der Waals surface area contributed by atoms with Crippen molar-refractivity contribution in [3.63, 3.8) is 0 Å². The van der Waals surface area contributed by atoms with Gasteiger partial charge in [-0.05, 0) is 89.0 Å². The molecule has 0 N–H and O–H groups in total. The topological polar surface area (TPSA) is 21.3 Å². The number of para-hydroxylation sites is 4. The van der Waals surface area contributed by atoms with Crippen LogP contribution in [0, 0.1) is 0 Å². The summed E-state index contributed by atoms with van der Waals surface area (Å²) in [6.07, 6.45) is 0. The van der Waals surface area contributed by atoms with Gasteiger partial charge in [-0.25, -0.2) is 0 Å². The fraction of sp³-hybridized carbons (Fsp3) is 0. The largest absolute Gasteiger partial charge is 0.455 e. The Hall–Kier alpha value is -8.18. The maximum absolute atomic E-state index is 6.51. The van der Waals surface area contributed by atoms with Crippen LogP contribution < -0.4 is 4.90 Å². The Kier molecular flexibility index (Phi) is 8.40. The Morgan fingerprint density at radius 1 is 0.391 bits per heavy atom. The van der Waals surface area contributed by atoms with Crippen molar-refractivity contribution in [2.75, 3.05) is 4.90 Å². The summed E-state index contributed by atoms with van der Waals surface area (Å²) in [6, 6.07) is 83.5. The Morgan fingerprint density at radius 2 is 0.969 bits per heavy atom. The van der Waals surface area contributed by atoms with E-state index in [1.54, 1.807) is 0 Å². The van der Waals surface area contributed by atoms with E-state index in [4.69, 9.17) is 4.42 Å². The molecule has 3 heterocycles. The number of fused-ring (bicyclic) bond motifs is 9. The van der Waals surface area contributed by atoms with Crippen molar-refractivity contribution < 1.29 is 4.42 Å². The Bertz CT molecular complexity index is 3840. The lowest BCUT2D eigenvalue weighted by atomic mass is 9.97. The minimum absolute atomic E-state index is 0.901. The van der Waals surface area contributed by atoms with Gasteiger partial charge in [0.05, 0.1) is 16.7 Å². The van der Waals surface area contributed by atoms with Crippen molar-refractivity contribution in [1.29, 1.82) is 0 Å². The predicted octanol–water partition coefficient (Wildman–Crippen LogP) is 17.5. The molecule has 13 aromatic rings. The Labute approximate surface area is 373 Å². The van der Waals surface area contributed by atoms with E-state index in [0.717, 1.165) is 61.4 Å². The van der Waals surface area contributed by atoms with Crippen LogP contribution in [-0.2, 0) is 0 Å². The van der Waals surface area contributed by atoms with Gasteiger partial charge in [0.1, 0.15) is 11.2 Å². The van der Waals surface area contributed by atoms with E-state index in [1.165, 1.54) is 58.7 Å². The molecule has 0 spiro atoms. The first-order valence-corrected chi connectivity index (χ1v) is 22.6. The van der Waals surface area contributed by atoms with Crippen LogP contribution in [0.2, 0.25) is 0 Å². The predicted molar refractivity (Wildman–Crippen MR) is 272 cm³/mol. The average molecular weight is 835 g/mol. The zero-order chi connectivity index (χ0) is 42.1. The summed E-state index contributed by atoms with van der Waals surface area (Å²) in [5, 5.41) is 7.29. The van der Waals surface area contributed by atoms with Gasteiger partial charge >= 0.3 is 0 Å². The molecule has 0 unspecified atom stereocenters. The molecule has 0 atom stereocenters. The quantitative estimate of drug-likeness (QED) is 0.159. The molecule has 13 rings (SSSR count). The number of nitrogens with zero attached hydrogens (tertiary/aromatic N) is 2. The molecule has 0 aliphatic heterocycles. The van der Waals surface area contributed by atoms with Gasteiger partial charge in [-0.1, -0.05) is 164 Å². The number of thiophene rings is 1. The molecule has 4 heteroatoms. The van der Waals surface area contributed by atoms with Crippen LogP contribution in [0.25, 0.3) is 103 Å². The van der Waals surface area contributed by atoms with E-state index >= 15 is 0 Å². The first-order chi connectivity index (χ1) is 31.7. The molecule has 10 aromatic carbocycles. The second-order valence-corrected chi connectivity index (χ2v) is 17.5. The maximum Gasteiger partial charge on any atom is 0.143 e. The fourth-order valence-electron chi connectivity index (χ4n) is 9.87. The minimum atomic E-state index is 0.901. The highest BCUT2D eigenvalue weighted by molar-refractivity contribution is 7.26. The highest BCUT2D eigenvalue weighted by atomic mass is 32.1. The number of hydrogen-bond acceptors (Lipinski definition) is 3. The lowest BCUT2D eigenvalue weighted by molar-refractivity contribution is 0.670. The van der Waals surface area contributed by atoms with Gasteiger partial charge in [0.15, 0.2) is 0 Å². The summed E-state index contributed by atoms with van der Waals surface area (Å²) < 4.78 is 11.5. The van der Waals surface area contributed by atoms with Crippen molar-refractivity contribution >= 4 is 92.3 Å². The van der Waals surface area contributed by atoms with Gasteiger partial charge in [-0.15, -0.1) is 11.3 Å². The summed E-state index contributed by atoms with van der Waals surface area (Å²) >= 11 is 1.87. The van der Waals surface area contributed by atoms with E-state index in [-0.39, 0.29) is 0 Å². The van der Waals surface area contributed by atoms with Gasteiger partial charge in [-0.2, -0.15) is 0 Å². The van der Waals surface area contributed by atoms with Crippen molar-refractivity contribution in [3.05, 3.63) is 231 Å². The van der Waals surface area contributed by atoms with Gasteiger partial charge in [0.25, 0.3) is 0 Å². The number of anilines is 3. The summed E-state index contributed by atoms with van der Waals surface area (Å²) in [5.41, 5.74) is 15.5. The third-order valence-corrected chi connectivity index (χ3v) is 14.0. The molecular weight excluding hydrogens is 797 g/mol. The van der Waals surface area contributed by atoms with Crippen molar-refractivity contribution in [1.82, 2.24) is 4.57 Å². The molecule has 3 nitrogen and oxygen atoms in total. The molecule has 0 saturated carbocycles. The SMILES string of the molecule is c1ccc(-c2ccc(N(c3ccc(-c4cccc5c4oc4ccccc45)cc3)c3ccc4c(sc5ccccc54)c3-c3cccc(-n4c5ccccc5c5ccccc54)c3)cc2)cc1. The van der Waals surface area contributed by atoms with Gasteiger partial charge in [0.2, 0.25) is 0 Å². The minimum Gasteiger partial charge on any atom is -0.455 e. The molecule has 0 aliphatic carbocycles. The number of rotatable bonds is 7. The summed E-state index contributed by atoms with van der Waals surface area (Å²) in [7, 11) is 0. The number of furan rings is 1. The smallest absolute Gasteiger partial charge is 0.143 e. The van der Waals surface area contributed by atoms with Crippen LogP contribution in [0.4, 0.5) is 17.1 Å². The van der Waals surface area contributed by atoms with E-state index in [1.807, 2.05) is 23.5 Å². The molecule has 0 bridgehead atoms. The second-order valence-electron chi connectivity index (χ2n) is 16.4. The number of hydrogen-bond donors (Lipinski definition) is 0. The van der Waals surface area contributed by atoms with Crippen LogP contribution in [-0.4, -0.2) is 4.57 Å². The van der Waals surface area contributed by atoms with Crippen molar-refractivity contribution in [2.45, 2.75) is 0 Å². The standard InChI is InChI=1S/C60H38N2OS/c1-2-14-39(15-3-1)40-28-32-43(33-29-40)61(44-34-30-41(31-35-44)46-22-13-23-51-49-20-6-10-26-56(49)63-59(46)51)55-37-36-52-50-21-7-11-27-57(50)64-60(52)58(55)42-16-12-17-45(38-42)62-53-24-8-4-18-47(53)48-19-5-9-25-54(48)62/h1-38H. The van der Waals surface area contributed by atoms with E-state index in [0.29, 0.717) is 0 Å². The van der Waals surface area contributed by atoms with Crippen molar-refractivity contribution in [3.8, 4) is 39.1 Å². The Balaban J connectivity index is 1.03. The second kappa shape index (κ2) is 14.7. The normalized spacial score (nSPS) is 11.8. The van der Waals surface area contributed by atoms with E-state index in [9.17, 15) is 0 Å². The summed E-state index contributed by atoms with van der Waals surface area (Å²) in [5.74, 6) is 0. The van der Waals surface area contributed by atoms with Crippen LogP contribution in [0.15, 0.2) is 235 Å². The molecular formula is C60H38N2OS. The molecule has 0 radical (unpaired) electrons. The van der Waals surface area contributed by atoms with E-state index < -0.39 is 0 Å². The average Bonchev–Trinajstić information content (AvgIpc) is 4.05. The third kappa shape index (κ3) is 5.81. The van der Waals surface area contributed by atoms with Crippen LogP contribution in [0.5, 0.6) is 0 Å². The Morgan fingerprint density at radius 3 is 1.72 bits per heavy atom. The van der Waals surface area contributed by atoms with Crippen molar-refractivity contribution in [2.24, 2.45) is 0 Å². The van der Waals surface area contributed by atoms with Crippen LogP contribution >= 0.6 is 11.3 Å². The molecule has 0 saturated heterocycles. The number of aromatic nitrogens is 1. The summed E-state index contributed by atoms with van der Waals surface area (Å²) in [4.78, 5) is 2.44. The molecule has 0 aliphatic rings. The van der Waals surface area contributed by atoms with Gasteiger partial charge in [0, 0.05) is 69.9 Å². The van der Waals surface area contributed by atoms with Crippen LogP contribution in [0.3, 0.4) is 0 Å². The first kappa shape index (κ1) is 36.5.